The van der Waals surface area contributed by atoms with E-state index in [0.717, 1.165) is 39.9 Å². The summed E-state index contributed by atoms with van der Waals surface area (Å²) in [5, 5.41) is 4.21. The number of hydrogen-bond acceptors (Lipinski definition) is 5. The summed E-state index contributed by atoms with van der Waals surface area (Å²) in [5.41, 5.74) is 6.32. The molecule has 0 unspecified atom stereocenters. The largest absolute Gasteiger partial charge is 0.462 e. The Morgan fingerprint density at radius 2 is 1.66 bits per heavy atom. The van der Waals surface area contributed by atoms with Crippen molar-refractivity contribution in [1.29, 1.82) is 0 Å². The van der Waals surface area contributed by atoms with Gasteiger partial charge in [0.25, 0.3) is 10.0 Å². The summed E-state index contributed by atoms with van der Waals surface area (Å²) in [6.07, 6.45) is 1.45. The van der Waals surface area contributed by atoms with E-state index in [1.807, 2.05) is 31.2 Å². The highest BCUT2D eigenvalue weighted by Gasteiger charge is 2.20. The molecule has 0 saturated heterocycles. The molecule has 0 aliphatic heterocycles. The van der Waals surface area contributed by atoms with Crippen molar-refractivity contribution < 1.29 is 17.9 Å². The fourth-order valence-corrected chi connectivity index (χ4v) is 4.49. The summed E-state index contributed by atoms with van der Waals surface area (Å²) in [6, 6.07) is 20.0. The van der Waals surface area contributed by atoms with Crippen LogP contribution in [0, 0.1) is 6.92 Å². The molecule has 0 saturated carbocycles. The third-order valence-corrected chi connectivity index (χ3v) is 6.63. The summed E-state index contributed by atoms with van der Waals surface area (Å²) >= 11 is 0. The quantitative estimate of drug-likeness (QED) is 0.445. The van der Waals surface area contributed by atoms with E-state index in [1.165, 1.54) is 0 Å². The predicted molar refractivity (Wildman–Crippen MR) is 124 cm³/mol. The first-order valence-electron chi connectivity index (χ1n) is 10.4. The normalized spacial score (nSPS) is 14.2. The van der Waals surface area contributed by atoms with Crippen LogP contribution >= 0.6 is 0 Å². The number of sulfonamides is 1. The lowest BCUT2D eigenvalue weighted by Gasteiger charge is -2.08. The van der Waals surface area contributed by atoms with E-state index >= 15 is 0 Å². The molecule has 0 bridgehead atoms. The number of fused-ring (bicyclic) bond motifs is 1. The van der Waals surface area contributed by atoms with Crippen LogP contribution in [-0.4, -0.2) is 26.7 Å². The minimum absolute atomic E-state index is 0.187. The number of nitrogens with zero attached hydrogens (tertiary/aromatic N) is 1. The van der Waals surface area contributed by atoms with Crippen LogP contribution in [0.1, 0.15) is 40.4 Å². The summed E-state index contributed by atoms with van der Waals surface area (Å²) in [6.45, 7) is 4.03. The monoisotopic (exact) mass is 448 g/mol. The Labute approximate surface area is 188 Å². The Balaban J connectivity index is 1.52. The molecule has 0 amide bonds. The van der Waals surface area contributed by atoms with E-state index in [2.05, 4.69) is 16.0 Å². The highest BCUT2D eigenvalue weighted by molar-refractivity contribution is 7.89. The molecule has 1 N–H and O–H groups in total. The maximum Gasteiger partial charge on any atom is 0.338 e. The second-order valence-electron chi connectivity index (χ2n) is 7.64. The van der Waals surface area contributed by atoms with Gasteiger partial charge in [0.05, 0.1) is 22.8 Å². The number of rotatable bonds is 6. The van der Waals surface area contributed by atoms with Crippen molar-refractivity contribution in [3.63, 3.8) is 0 Å². The summed E-state index contributed by atoms with van der Waals surface area (Å²) in [7, 11) is -3.71. The van der Waals surface area contributed by atoms with E-state index in [1.54, 1.807) is 43.3 Å². The number of hydrazone groups is 1. The van der Waals surface area contributed by atoms with Crippen molar-refractivity contribution in [2.24, 2.45) is 5.10 Å². The number of nitrogens with one attached hydrogen (secondary N) is 1. The summed E-state index contributed by atoms with van der Waals surface area (Å²) in [4.78, 5) is 14.4. The van der Waals surface area contributed by atoms with Gasteiger partial charge in [0.2, 0.25) is 0 Å². The average Bonchev–Trinajstić information content (AvgIpc) is 3.21. The van der Waals surface area contributed by atoms with Gasteiger partial charge in [0, 0.05) is 5.56 Å². The molecular weight excluding hydrogens is 424 g/mol. The van der Waals surface area contributed by atoms with Gasteiger partial charge < -0.3 is 4.74 Å². The first kappa shape index (κ1) is 21.8. The smallest absolute Gasteiger partial charge is 0.338 e. The van der Waals surface area contributed by atoms with Gasteiger partial charge in [-0.1, -0.05) is 48.0 Å². The first-order valence-corrected chi connectivity index (χ1v) is 11.9. The predicted octanol–water partition coefficient (Wildman–Crippen LogP) is 4.47. The van der Waals surface area contributed by atoms with Crippen LogP contribution in [0.3, 0.4) is 0 Å². The second-order valence-corrected chi connectivity index (χ2v) is 9.30. The second kappa shape index (κ2) is 8.96. The van der Waals surface area contributed by atoms with Gasteiger partial charge in [-0.3, -0.25) is 0 Å². The molecule has 3 aromatic carbocycles. The Kier molecular flexibility index (Phi) is 6.10. The summed E-state index contributed by atoms with van der Waals surface area (Å²) < 4.78 is 30.1. The number of carbonyl (C=O) groups excluding carboxylic acids is 1. The highest BCUT2D eigenvalue weighted by Crippen LogP contribution is 2.29. The van der Waals surface area contributed by atoms with Crippen molar-refractivity contribution in [3.8, 4) is 11.1 Å². The number of hydrogen-bond donors (Lipinski definition) is 1. The van der Waals surface area contributed by atoms with Gasteiger partial charge >= 0.3 is 5.97 Å². The van der Waals surface area contributed by atoms with Crippen molar-refractivity contribution in [1.82, 2.24) is 4.83 Å². The van der Waals surface area contributed by atoms with Gasteiger partial charge in [0.15, 0.2) is 0 Å². The summed E-state index contributed by atoms with van der Waals surface area (Å²) in [5.74, 6) is -0.332. The van der Waals surface area contributed by atoms with Crippen molar-refractivity contribution in [2.75, 3.05) is 6.61 Å². The van der Waals surface area contributed by atoms with E-state index in [9.17, 15) is 13.2 Å². The Morgan fingerprint density at radius 3 is 2.34 bits per heavy atom. The standard InChI is InChI=1S/C25H24N2O4S/c1-3-31-25(28)19-8-6-18(7-9-19)20-10-14-23-21(16-20)11-15-24(23)26-27-32(29,30)22-12-4-17(2)5-13-22/h4-10,12-14,16,27H,3,11,15H2,1-2H3. The van der Waals surface area contributed by atoms with Crippen LogP contribution < -0.4 is 4.83 Å². The van der Waals surface area contributed by atoms with Crippen molar-refractivity contribution in [2.45, 2.75) is 31.6 Å². The van der Waals surface area contributed by atoms with Crippen LogP contribution in [0.4, 0.5) is 0 Å². The maximum absolute atomic E-state index is 12.5. The van der Waals surface area contributed by atoms with Crippen LogP contribution in [0.2, 0.25) is 0 Å². The Bertz CT molecular complexity index is 1280. The van der Waals surface area contributed by atoms with E-state index in [-0.39, 0.29) is 10.9 Å². The van der Waals surface area contributed by atoms with Crippen molar-refractivity contribution in [3.05, 3.63) is 89.0 Å². The van der Waals surface area contributed by atoms with Crippen LogP contribution in [0.5, 0.6) is 0 Å². The molecule has 0 aromatic heterocycles. The van der Waals surface area contributed by atoms with Gasteiger partial charge in [0.1, 0.15) is 0 Å². The van der Waals surface area contributed by atoms with Gasteiger partial charge in [-0.25, -0.2) is 4.79 Å². The molecule has 7 heteroatoms. The topological polar surface area (TPSA) is 84.8 Å². The Hall–Kier alpha value is -3.45. The number of aryl methyl sites for hydroxylation is 2. The van der Waals surface area contributed by atoms with Crippen LogP contribution in [-0.2, 0) is 21.2 Å². The molecule has 0 heterocycles. The lowest BCUT2D eigenvalue weighted by Crippen LogP contribution is -2.20. The zero-order chi connectivity index (χ0) is 22.7. The Morgan fingerprint density at radius 1 is 0.969 bits per heavy atom. The van der Waals surface area contributed by atoms with Crippen LogP contribution in [0.25, 0.3) is 11.1 Å². The zero-order valence-corrected chi connectivity index (χ0v) is 18.8. The molecule has 0 fully saturated rings. The molecule has 164 valence electrons. The maximum atomic E-state index is 12.5. The minimum atomic E-state index is -3.71. The molecular formula is C25H24N2O4S. The first-order chi connectivity index (χ1) is 15.4. The van der Waals surface area contributed by atoms with Crippen molar-refractivity contribution >= 4 is 21.7 Å². The fourth-order valence-electron chi connectivity index (χ4n) is 3.66. The molecule has 0 radical (unpaired) electrons. The third-order valence-electron chi connectivity index (χ3n) is 5.41. The molecule has 4 rings (SSSR count). The number of esters is 1. The van der Waals surface area contributed by atoms with E-state index in [4.69, 9.17) is 4.74 Å². The number of benzene rings is 3. The minimum Gasteiger partial charge on any atom is -0.462 e. The molecule has 1 aliphatic rings. The lowest BCUT2D eigenvalue weighted by atomic mass is 9.99. The third kappa shape index (κ3) is 4.57. The molecule has 0 atom stereocenters. The van der Waals surface area contributed by atoms with Gasteiger partial charge in [-0.05, 0) is 67.6 Å². The van der Waals surface area contributed by atoms with E-state index in [0.29, 0.717) is 18.6 Å². The van der Waals surface area contributed by atoms with Crippen LogP contribution in [0.15, 0.2) is 76.7 Å². The molecule has 0 spiro atoms. The highest BCUT2D eigenvalue weighted by atomic mass is 32.2. The number of carbonyl (C=O) groups is 1. The molecule has 3 aromatic rings. The molecule has 6 nitrogen and oxygen atoms in total. The van der Waals surface area contributed by atoms with Gasteiger partial charge in [-0.2, -0.15) is 18.4 Å². The molecule has 1 aliphatic carbocycles. The SMILES string of the molecule is CCOC(=O)c1ccc(-c2ccc3c(c2)CCC3=NNS(=O)(=O)c2ccc(C)cc2)cc1. The average molecular weight is 449 g/mol. The zero-order valence-electron chi connectivity index (χ0n) is 18.0. The van der Waals surface area contributed by atoms with Gasteiger partial charge in [-0.15, -0.1) is 0 Å². The fraction of sp³-hybridized carbons (Fsp3) is 0.200. The lowest BCUT2D eigenvalue weighted by molar-refractivity contribution is 0.0526. The van der Waals surface area contributed by atoms with E-state index < -0.39 is 10.0 Å². The molecule has 32 heavy (non-hydrogen) atoms. The number of ether oxygens (including phenoxy) is 1.